The average molecular weight is 299 g/mol. The fourth-order valence-corrected chi connectivity index (χ4v) is 2.58. The van der Waals surface area contributed by atoms with Crippen LogP contribution in [0.1, 0.15) is 35.3 Å². The second-order valence-electron chi connectivity index (χ2n) is 5.34. The molecule has 1 aliphatic heterocycles. The summed E-state index contributed by atoms with van der Waals surface area (Å²) in [5, 5.41) is 20.8. The Balaban J connectivity index is 1.97. The Morgan fingerprint density at radius 3 is 2.82 bits per heavy atom. The highest BCUT2D eigenvalue weighted by molar-refractivity contribution is 5.71. The summed E-state index contributed by atoms with van der Waals surface area (Å²) in [6.07, 6.45) is -0.793. The van der Waals surface area contributed by atoms with Crippen molar-refractivity contribution in [3.8, 4) is 5.75 Å². The second-order valence-corrected chi connectivity index (χ2v) is 5.34. The van der Waals surface area contributed by atoms with Gasteiger partial charge < -0.3 is 9.84 Å². The molecule has 1 atom stereocenters. The zero-order valence-electron chi connectivity index (χ0n) is 12.2. The van der Waals surface area contributed by atoms with E-state index in [9.17, 15) is 15.1 Å². The summed E-state index contributed by atoms with van der Waals surface area (Å²) in [5.41, 5.74) is 3.11. The standard InChI is InChI=1S/C17H17NO4/c1-11(19)18(21)9-12-6-7-16-15(8-12)17(20)14-5-3-2-4-13(14)10-22-16/h2-8,17,20-21H,9-10H2,1H3. The van der Waals surface area contributed by atoms with Gasteiger partial charge >= 0.3 is 0 Å². The fourth-order valence-electron chi connectivity index (χ4n) is 2.58. The minimum atomic E-state index is -0.793. The van der Waals surface area contributed by atoms with E-state index >= 15 is 0 Å². The van der Waals surface area contributed by atoms with Gasteiger partial charge in [0.25, 0.3) is 0 Å². The Kier molecular flexibility index (Phi) is 3.83. The predicted molar refractivity (Wildman–Crippen MR) is 79.3 cm³/mol. The Bertz CT molecular complexity index is 714. The van der Waals surface area contributed by atoms with Crippen LogP contribution < -0.4 is 4.74 Å². The van der Waals surface area contributed by atoms with E-state index in [1.165, 1.54) is 6.92 Å². The van der Waals surface area contributed by atoms with Crippen molar-refractivity contribution in [2.45, 2.75) is 26.2 Å². The first-order chi connectivity index (χ1) is 10.6. The van der Waals surface area contributed by atoms with Gasteiger partial charge in [-0.05, 0) is 28.8 Å². The van der Waals surface area contributed by atoms with E-state index in [-0.39, 0.29) is 6.54 Å². The van der Waals surface area contributed by atoms with Crippen molar-refractivity contribution < 1.29 is 19.8 Å². The van der Waals surface area contributed by atoms with Gasteiger partial charge in [0.15, 0.2) is 0 Å². The van der Waals surface area contributed by atoms with Gasteiger partial charge in [-0.15, -0.1) is 0 Å². The topological polar surface area (TPSA) is 70.0 Å². The van der Waals surface area contributed by atoms with Crippen molar-refractivity contribution in [2.24, 2.45) is 0 Å². The van der Waals surface area contributed by atoms with Crippen molar-refractivity contribution >= 4 is 5.91 Å². The van der Waals surface area contributed by atoms with E-state index < -0.39 is 12.0 Å². The van der Waals surface area contributed by atoms with Crippen LogP contribution in [0, 0.1) is 0 Å². The molecule has 1 amide bonds. The number of rotatable bonds is 2. The molecule has 5 heteroatoms. The molecule has 2 N–H and O–H groups in total. The van der Waals surface area contributed by atoms with Crippen LogP contribution in [-0.2, 0) is 17.9 Å². The molecule has 0 radical (unpaired) electrons. The van der Waals surface area contributed by atoms with Gasteiger partial charge in [0, 0.05) is 12.5 Å². The Labute approximate surface area is 128 Å². The van der Waals surface area contributed by atoms with Crippen LogP contribution in [0.2, 0.25) is 0 Å². The zero-order valence-corrected chi connectivity index (χ0v) is 12.2. The summed E-state index contributed by atoms with van der Waals surface area (Å²) < 4.78 is 5.75. The number of carbonyl (C=O) groups is 1. The number of aliphatic hydroxyl groups excluding tert-OH is 1. The van der Waals surface area contributed by atoms with E-state index in [0.29, 0.717) is 23.0 Å². The molecule has 0 saturated carbocycles. The molecule has 0 spiro atoms. The number of hydroxylamine groups is 2. The minimum absolute atomic E-state index is 0.0664. The van der Waals surface area contributed by atoms with Crippen molar-refractivity contribution in [1.29, 1.82) is 0 Å². The summed E-state index contributed by atoms with van der Waals surface area (Å²) in [4.78, 5) is 11.1. The van der Waals surface area contributed by atoms with Crippen molar-refractivity contribution in [3.05, 3.63) is 64.7 Å². The number of carbonyl (C=O) groups excluding carboxylic acids is 1. The van der Waals surface area contributed by atoms with Gasteiger partial charge in [-0.1, -0.05) is 30.3 Å². The lowest BCUT2D eigenvalue weighted by molar-refractivity contribution is -0.165. The maximum atomic E-state index is 11.1. The van der Waals surface area contributed by atoms with Crippen LogP contribution in [0.3, 0.4) is 0 Å². The lowest BCUT2D eigenvalue weighted by atomic mass is 9.96. The van der Waals surface area contributed by atoms with Gasteiger partial charge in [0.1, 0.15) is 18.5 Å². The Morgan fingerprint density at radius 1 is 1.27 bits per heavy atom. The monoisotopic (exact) mass is 299 g/mol. The lowest BCUT2D eigenvalue weighted by Gasteiger charge is -2.16. The maximum Gasteiger partial charge on any atom is 0.243 e. The fraction of sp³-hybridized carbons (Fsp3) is 0.235. The number of hydrogen-bond acceptors (Lipinski definition) is 4. The second kappa shape index (κ2) is 5.79. The number of aliphatic hydroxyl groups is 1. The van der Waals surface area contributed by atoms with Crippen LogP contribution in [-0.4, -0.2) is 21.3 Å². The average Bonchev–Trinajstić information content (AvgIpc) is 2.65. The molecule has 0 bridgehead atoms. The lowest BCUT2D eigenvalue weighted by Crippen LogP contribution is -2.23. The third-order valence-electron chi connectivity index (χ3n) is 3.80. The molecule has 3 rings (SSSR count). The predicted octanol–water partition coefficient (Wildman–Crippen LogP) is 2.40. The molecule has 0 aliphatic carbocycles. The molecule has 22 heavy (non-hydrogen) atoms. The summed E-state index contributed by atoms with van der Waals surface area (Å²) in [7, 11) is 0. The third-order valence-corrected chi connectivity index (χ3v) is 3.80. The van der Waals surface area contributed by atoms with E-state index in [1.54, 1.807) is 18.2 Å². The van der Waals surface area contributed by atoms with Gasteiger partial charge in [-0.3, -0.25) is 10.0 Å². The van der Waals surface area contributed by atoms with Gasteiger partial charge in [0.05, 0.1) is 6.54 Å². The van der Waals surface area contributed by atoms with Gasteiger partial charge in [0.2, 0.25) is 5.91 Å². The highest BCUT2D eigenvalue weighted by Gasteiger charge is 2.23. The molecule has 0 fully saturated rings. The van der Waals surface area contributed by atoms with E-state index in [2.05, 4.69) is 0 Å². The number of amides is 1. The smallest absolute Gasteiger partial charge is 0.243 e. The van der Waals surface area contributed by atoms with E-state index in [4.69, 9.17) is 4.74 Å². The highest BCUT2D eigenvalue weighted by atomic mass is 16.5. The first kappa shape index (κ1) is 14.6. The molecular formula is C17H17NO4. The normalized spacial score (nSPS) is 16.0. The van der Waals surface area contributed by atoms with Crippen molar-refractivity contribution in [3.63, 3.8) is 0 Å². The van der Waals surface area contributed by atoms with Gasteiger partial charge in [-0.25, -0.2) is 5.06 Å². The maximum absolute atomic E-state index is 11.1. The molecule has 1 heterocycles. The molecule has 1 aliphatic rings. The molecule has 2 aromatic carbocycles. The molecule has 0 saturated heterocycles. The van der Waals surface area contributed by atoms with Crippen molar-refractivity contribution in [2.75, 3.05) is 0 Å². The molecule has 2 aromatic rings. The van der Waals surface area contributed by atoms with Crippen LogP contribution >= 0.6 is 0 Å². The number of hydrogen-bond donors (Lipinski definition) is 2. The summed E-state index contributed by atoms with van der Waals surface area (Å²) in [5.74, 6) is 0.178. The third kappa shape index (κ3) is 2.68. The largest absolute Gasteiger partial charge is 0.488 e. The first-order valence-corrected chi connectivity index (χ1v) is 7.04. The van der Waals surface area contributed by atoms with E-state index in [1.807, 2.05) is 24.3 Å². The summed E-state index contributed by atoms with van der Waals surface area (Å²) in [6, 6.07) is 12.9. The van der Waals surface area contributed by atoms with Crippen LogP contribution in [0.4, 0.5) is 0 Å². The van der Waals surface area contributed by atoms with E-state index in [0.717, 1.165) is 16.7 Å². The Morgan fingerprint density at radius 2 is 2.05 bits per heavy atom. The number of nitrogens with zero attached hydrogens (tertiary/aromatic N) is 1. The number of benzene rings is 2. The summed E-state index contributed by atoms with van der Waals surface area (Å²) >= 11 is 0. The van der Waals surface area contributed by atoms with Crippen LogP contribution in [0.5, 0.6) is 5.75 Å². The molecule has 0 aromatic heterocycles. The minimum Gasteiger partial charge on any atom is -0.488 e. The van der Waals surface area contributed by atoms with Crippen molar-refractivity contribution in [1.82, 2.24) is 5.06 Å². The van der Waals surface area contributed by atoms with Crippen LogP contribution in [0.25, 0.3) is 0 Å². The number of fused-ring (bicyclic) bond motifs is 2. The molecule has 5 nitrogen and oxygen atoms in total. The van der Waals surface area contributed by atoms with Gasteiger partial charge in [-0.2, -0.15) is 0 Å². The molecular weight excluding hydrogens is 282 g/mol. The first-order valence-electron chi connectivity index (χ1n) is 7.04. The number of ether oxygens (including phenoxy) is 1. The summed E-state index contributed by atoms with van der Waals surface area (Å²) in [6.45, 7) is 1.76. The SMILES string of the molecule is CC(=O)N(O)Cc1ccc2c(c1)C(O)c1ccccc1CO2. The highest BCUT2D eigenvalue weighted by Crippen LogP contribution is 2.36. The Hall–Kier alpha value is -2.37. The molecule has 1 unspecified atom stereocenters. The quantitative estimate of drug-likeness (QED) is 0.660. The van der Waals surface area contributed by atoms with Crippen LogP contribution in [0.15, 0.2) is 42.5 Å². The zero-order chi connectivity index (χ0) is 15.7. The molecule has 114 valence electrons.